The molecule has 1 unspecified atom stereocenters. The lowest BCUT2D eigenvalue weighted by atomic mass is 10.0. The van der Waals surface area contributed by atoms with Gasteiger partial charge in [0, 0.05) is 29.6 Å². The van der Waals surface area contributed by atoms with Crippen LogP contribution in [0.2, 0.25) is 10.0 Å². The maximum atomic E-state index is 6.37. The minimum atomic E-state index is 0.583. The van der Waals surface area contributed by atoms with Crippen molar-refractivity contribution in [1.82, 2.24) is 5.32 Å². The van der Waals surface area contributed by atoms with Gasteiger partial charge in [-0.15, -0.1) is 0 Å². The molecule has 1 N–H and O–H groups in total. The van der Waals surface area contributed by atoms with Crippen molar-refractivity contribution in [3.63, 3.8) is 0 Å². The molecule has 0 aromatic heterocycles. The summed E-state index contributed by atoms with van der Waals surface area (Å²) in [6, 6.07) is 5.37. The lowest BCUT2D eigenvalue weighted by Crippen LogP contribution is -2.46. The number of anilines is 1. The number of piperidine rings is 1. The standard InChI is InChI=1S/C14H17BrCl2N2/c15-11-5-6-12(14(17)13(11)16)19-7-1-2-10(8-19)18-9-3-4-9/h5-6,9-10,18H,1-4,7-8H2. The zero-order valence-electron chi connectivity index (χ0n) is 10.6. The van der Waals surface area contributed by atoms with Gasteiger partial charge in [-0.3, -0.25) is 0 Å². The van der Waals surface area contributed by atoms with Gasteiger partial charge in [0.15, 0.2) is 0 Å². The van der Waals surface area contributed by atoms with Crippen LogP contribution in [0.5, 0.6) is 0 Å². The second-order valence-corrected chi connectivity index (χ2v) is 7.03. The van der Waals surface area contributed by atoms with Crippen LogP contribution < -0.4 is 10.2 Å². The molecule has 104 valence electrons. The van der Waals surface area contributed by atoms with E-state index in [0.717, 1.165) is 29.3 Å². The fourth-order valence-corrected chi connectivity index (χ4v) is 3.56. The Morgan fingerprint density at radius 2 is 1.89 bits per heavy atom. The summed E-state index contributed by atoms with van der Waals surface area (Å²) in [5.41, 5.74) is 1.05. The Labute approximate surface area is 132 Å². The largest absolute Gasteiger partial charge is 0.369 e. The van der Waals surface area contributed by atoms with Crippen molar-refractivity contribution >= 4 is 44.8 Å². The molecule has 0 radical (unpaired) electrons. The van der Waals surface area contributed by atoms with Crippen LogP contribution in [0, 0.1) is 0 Å². The van der Waals surface area contributed by atoms with Crippen LogP contribution in [0.25, 0.3) is 0 Å². The minimum Gasteiger partial charge on any atom is -0.369 e. The minimum absolute atomic E-state index is 0.583. The SMILES string of the molecule is Clc1c(Br)ccc(N2CCCC(NC3CC3)C2)c1Cl. The molecule has 1 aromatic rings. The molecule has 2 aliphatic rings. The highest BCUT2D eigenvalue weighted by molar-refractivity contribution is 9.10. The van der Waals surface area contributed by atoms with E-state index in [9.17, 15) is 0 Å². The van der Waals surface area contributed by atoms with Gasteiger partial charge in [-0.1, -0.05) is 23.2 Å². The van der Waals surface area contributed by atoms with Crippen molar-refractivity contribution in [1.29, 1.82) is 0 Å². The van der Waals surface area contributed by atoms with Crippen molar-refractivity contribution in [2.24, 2.45) is 0 Å². The van der Waals surface area contributed by atoms with Gasteiger partial charge >= 0.3 is 0 Å². The normalized spacial score (nSPS) is 23.7. The van der Waals surface area contributed by atoms with Crippen molar-refractivity contribution in [2.75, 3.05) is 18.0 Å². The van der Waals surface area contributed by atoms with E-state index in [4.69, 9.17) is 23.2 Å². The molecule has 1 aliphatic heterocycles. The maximum Gasteiger partial charge on any atom is 0.0837 e. The lowest BCUT2D eigenvalue weighted by molar-refractivity contribution is 0.420. The van der Waals surface area contributed by atoms with Gasteiger partial charge in [0.05, 0.1) is 15.7 Å². The summed E-state index contributed by atoms with van der Waals surface area (Å²) in [6.45, 7) is 2.08. The Bertz CT molecular complexity index is 477. The van der Waals surface area contributed by atoms with Crippen molar-refractivity contribution in [3.05, 3.63) is 26.7 Å². The van der Waals surface area contributed by atoms with Crippen LogP contribution >= 0.6 is 39.1 Å². The van der Waals surface area contributed by atoms with E-state index in [1.807, 2.05) is 6.07 Å². The molecule has 5 heteroatoms. The number of halogens is 3. The number of hydrogen-bond donors (Lipinski definition) is 1. The average molecular weight is 364 g/mol. The third kappa shape index (κ3) is 3.21. The van der Waals surface area contributed by atoms with E-state index in [2.05, 4.69) is 32.2 Å². The highest BCUT2D eigenvalue weighted by Crippen LogP contribution is 2.38. The third-order valence-electron chi connectivity index (χ3n) is 3.83. The summed E-state index contributed by atoms with van der Waals surface area (Å²) in [7, 11) is 0. The quantitative estimate of drug-likeness (QED) is 0.796. The molecule has 1 saturated heterocycles. The molecule has 1 aliphatic carbocycles. The Morgan fingerprint density at radius 1 is 1.11 bits per heavy atom. The molecule has 2 nitrogen and oxygen atoms in total. The first-order valence-electron chi connectivity index (χ1n) is 6.79. The van der Waals surface area contributed by atoms with E-state index in [0.29, 0.717) is 16.1 Å². The summed E-state index contributed by atoms with van der Waals surface area (Å²) >= 11 is 16.0. The summed E-state index contributed by atoms with van der Waals surface area (Å²) < 4.78 is 0.854. The average Bonchev–Trinajstić information content (AvgIpc) is 3.20. The highest BCUT2D eigenvalue weighted by Gasteiger charge is 2.28. The maximum absolute atomic E-state index is 6.37. The van der Waals surface area contributed by atoms with Gasteiger partial charge in [0.1, 0.15) is 0 Å². The van der Waals surface area contributed by atoms with Gasteiger partial charge in [-0.25, -0.2) is 0 Å². The van der Waals surface area contributed by atoms with Gasteiger partial charge in [0.2, 0.25) is 0 Å². The van der Waals surface area contributed by atoms with Crippen molar-refractivity contribution in [2.45, 2.75) is 37.8 Å². The molecule has 2 fully saturated rings. The monoisotopic (exact) mass is 362 g/mol. The number of benzene rings is 1. The molecule has 0 spiro atoms. The fraction of sp³-hybridized carbons (Fsp3) is 0.571. The first-order valence-corrected chi connectivity index (χ1v) is 8.34. The summed E-state index contributed by atoms with van der Waals surface area (Å²) in [5, 5.41) is 4.97. The summed E-state index contributed by atoms with van der Waals surface area (Å²) in [5.74, 6) is 0. The molecule has 1 saturated carbocycles. The smallest absolute Gasteiger partial charge is 0.0837 e. The van der Waals surface area contributed by atoms with E-state index in [1.54, 1.807) is 0 Å². The third-order valence-corrected chi connectivity index (χ3v) is 5.59. The lowest BCUT2D eigenvalue weighted by Gasteiger charge is -2.35. The predicted molar refractivity (Wildman–Crippen MR) is 85.6 cm³/mol. The predicted octanol–water partition coefficient (Wildman–Crippen LogP) is 4.48. The zero-order valence-corrected chi connectivity index (χ0v) is 13.7. The molecule has 1 atom stereocenters. The van der Waals surface area contributed by atoms with Crippen molar-refractivity contribution in [3.8, 4) is 0 Å². The Morgan fingerprint density at radius 3 is 2.63 bits per heavy atom. The first-order chi connectivity index (χ1) is 9.15. The highest BCUT2D eigenvalue weighted by atomic mass is 79.9. The molecule has 0 amide bonds. The van der Waals surface area contributed by atoms with E-state index >= 15 is 0 Å². The second kappa shape index (κ2) is 5.80. The van der Waals surface area contributed by atoms with Crippen molar-refractivity contribution < 1.29 is 0 Å². The van der Waals surface area contributed by atoms with Gasteiger partial charge in [0.25, 0.3) is 0 Å². The summed E-state index contributed by atoms with van der Waals surface area (Å²) in [6.07, 6.45) is 5.13. The van der Waals surface area contributed by atoms with E-state index in [1.165, 1.54) is 25.7 Å². The van der Waals surface area contributed by atoms with E-state index < -0.39 is 0 Å². The van der Waals surface area contributed by atoms with Crippen LogP contribution in [0.1, 0.15) is 25.7 Å². The second-order valence-electron chi connectivity index (χ2n) is 5.42. The van der Waals surface area contributed by atoms with Crippen LogP contribution in [-0.4, -0.2) is 25.2 Å². The van der Waals surface area contributed by atoms with Crippen LogP contribution in [0.3, 0.4) is 0 Å². The molecular weight excluding hydrogens is 347 g/mol. The van der Waals surface area contributed by atoms with Gasteiger partial charge in [-0.2, -0.15) is 0 Å². The zero-order chi connectivity index (χ0) is 13.4. The molecule has 19 heavy (non-hydrogen) atoms. The fourth-order valence-electron chi connectivity index (χ4n) is 2.68. The van der Waals surface area contributed by atoms with E-state index in [-0.39, 0.29) is 0 Å². The Balaban J connectivity index is 1.75. The number of nitrogens with one attached hydrogen (secondary N) is 1. The molecular formula is C14H17BrCl2N2. The van der Waals surface area contributed by atoms with Crippen LogP contribution in [0.4, 0.5) is 5.69 Å². The van der Waals surface area contributed by atoms with Gasteiger partial charge < -0.3 is 10.2 Å². The Kier molecular flexibility index (Phi) is 4.28. The molecule has 1 aromatic carbocycles. The first kappa shape index (κ1) is 14.0. The number of rotatable bonds is 3. The van der Waals surface area contributed by atoms with Gasteiger partial charge in [-0.05, 0) is 53.7 Å². The Hall–Kier alpha value is 0.0400. The van der Waals surface area contributed by atoms with Crippen LogP contribution in [-0.2, 0) is 0 Å². The molecule has 3 rings (SSSR count). The molecule has 0 bridgehead atoms. The summed E-state index contributed by atoms with van der Waals surface area (Å²) in [4.78, 5) is 2.35. The molecule has 1 heterocycles. The number of nitrogens with zero attached hydrogens (tertiary/aromatic N) is 1. The topological polar surface area (TPSA) is 15.3 Å². The number of hydrogen-bond acceptors (Lipinski definition) is 2. The van der Waals surface area contributed by atoms with Crippen LogP contribution in [0.15, 0.2) is 16.6 Å².